The summed E-state index contributed by atoms with van der Waals surface area (Å²) in [7, 11) is 4.92. The molecule has 0 fully saturated rings. The average Bonchev–Trinajstić information content (AvgIpc) is 2.75. The molecular weight excluding hydrogens is 557 g/mol. The molecule has 0 radical (unpaired) electrons. The van der Waals surface area contributed by atoms with Gasteiger partial charge in [-0.3, -0.25) is 9.59 Å². The Morgan fingerprint density at radius 2 is 1.43 bits per heavy atom. The van der Waals surface area contributed by atoms with Gasteiger partial charge in [0.15, 0.2) is 23.1 Å². The number of benzene rings is 1. The van der Waals surface area contributed by atoms with Gasteiger partial charge < -0.3 is 19.1 Å². The van der Waals surface area contributed by atoms with E-state index in [1.165, 1.54) is 0 Å². The summed E-state index contributed by atoms with van der Waals surface area (Å²) in [4.78, 5) is 29.9. The molecule has 0 spiro atoms. The van der Waals surface area contributed by atoms with Crippen molar-refractivity contribution in [1.29, 1.82) is 0 Å². The van der Waals surface area contributed by atoms with Gasteiger partial charge in [0.2, 0.25) is 0 Å². The lowest BCUT2D eigenvalue weighted by Crippen LogP contribution is -2.45. The fourth-order valence-corrected chi connectivity index (χ4v) is 6.78. The van der Waals surface area contributed by atoms with Gasteiger partial charge in [0.1, 0.15) is 0 Å². The Morgan fingerprint density at radius 3 is 1.89 bits per heavy atom. The molecule has 35 heavy (non-hydrogen) atoms. The molecule has 1 aromatic carbocycles. The third-order valence-corrected chi connectivity index (χ3v) is 8.13. The van der Waals surface area contributed by atoms with Gasteiger partial charge in [-0.15, -0.1) is 0 Å². The first-order valence-electron chi connectivity index (χ1n) is 12.1. The number of rotatable bonds is 6. The van der Waals surface area contributed by atoms with Crippen LogP contribution in [0.15, 0.2) is 34.7 Å². The molecule has 0 N–H and O–H groups in total. The van der Waals surface area contributed by atoms with Crippen molar-refractivity contribution in [3.8, 4) is 11.5 Å². The van der Waals surface area contributed by atoms with Crippen molar-refractivity contribution in [1.82, 2.24) is 4.90 Å². The van der Waals surface area contributed by atoms with Crippen LogP contribution in [0.3, 0.4) is 0 Å². The SMILES string of the molecule is COCCN1C2=C(C(=O)CC(C)(C)C2)C(c2cc(I)c(OC)c(OC)c2)C2=C1CC(C)(C)CC2=O. The number of carbonyl (C=O) groups is 2. The van der Waals surface area contributed by atoms with Crippen molar-refractivity contribution in [3.63, 3.8) is 0 Å². The van der Waals surface area contributed by atoms with Crippen LogP contribution in [0.25, 0.3) is 0 Å². The molecule has 1 heterocycles. The minimum absolute atomic E-state index is 0.123. The molecule has 1 aromatic rings. The first-order chi connectivity index (χ1) is 16.4. The molecule has 0 saturated carbocycles. The fraction of sp³-hybridized carbons (Fsp3) is 0.571. The van der Waals surface area contributed by atoms with Crippen molar-refractivity contribution in [2.75, 3.05) is 34.5 Å². The van der Waals surface area contributed by atoms with E-state index in [1.54, 1.807) is 21.3 Å². The summed E-state index contributed by atoms with van der Waals surface area (Å²) >= 11 is 2.24. The Balaban J connectivity index is 2.01. The maximum atomic E-state index is 13.8. The topological polar surface area (TPSA) is 65.1 Å². The smallest absolute Gasteiger partial charge is 0.174 e. The van der Waals surface area contributed by atoms with Crippen molar-refractivity contribution >= 4 is 34.2 Å². The van der Waals surface area contributed by atoms with Gasteiger partial charge in [-0.2, -0.15) is 0 Å². The molecule has 0 saturated heterocycles. The van der Waals surface area contributed by atoms with Crippen molar-refractivity contribution in [2.24, 2.45) is 10.8 Å². The number of hydrogen-bond donors (Lipinski definition) is 0. The van der Waals surface area contributed by atoms with Gasteiger partial charge in [0.25, 0.3) is 0 Å². The average molecular weight is 594 g/mol. The Labute approximate surface area is 222 Å². The van der Waals surface area contributed by atoms with Crippen LogP contribution in [0.1, 0.15) is 64.9 Å². The molecule has 0 amide bonds. The lowest BCUT2D eigenvalue weighted by Gasteiger charge is -2.49. The molecule has 6 nitrogen and oxygen atoms in total. The molecule has 0 unspecified atom stereocenters. The molecule has 2 aliphatic carbocycles. The number of allylic oxidation sites excluding steroid dienone is 4. The molecule has 190 valence electrons. The van der Waals surface area contributed by atoms with E-state index < -0.39 is 5.92 Å². The molecule has 4 rings (SSSR count). The lowest BCUT2D eigenvalue weighted by molar-refractivity contribution is -0.119. The van der Waals surface area contributed by atoms with E-state index in [4.69, 9.17) is 14.2 Å². The molecule has 1 aliphatic heterocycles. The van der Waals surface area contributed by atoms with Gasteiger partial charge in [-0.1, -0.05) is 27.7 Å². The minimum Gasteiger partial charge on any atom is -0.493 e. The Bertz CT molecular complexity index is 1080. The molecule has 0 atom stereocenters. The summed E-state index contributed by atoms with van der Waals surface area (Å²) in [6.07, 6.45) is 2.49. The highest BCUT2D eigenvalue weighted by molar-refractivity contribution is 14.1. The van der Waals surface area contributed by atoms with Crippen LogP contribution in [-0.2, 0) is 14.3 Å². The van der Waals surface area contributed by atoms with Gasteiger partial charge in [0.05, 0.1) is 24.4 Å². The Morgan fingerprint density at radius 1 is 0.886 bits per heavy atom. The number of halogens is 1. The summed E-state index contributed by atoms with van der Waals surface area (Å²) < 4.78 is 17.6. The van der Waals surface area contributed by atoms with E-state index in [0.717, 1.165) is 44.5 Å². The predicted molar refractivity (Wildman–Crippen MR) is 144 cm³/mol. The number of nitrogens with zero attached hydrogens (tertiary/aromatic N) is 1. The highest BCUT2D eigenvalue weighted by Crippen LogP contribution is 2.55. The van der Waals surface area contributed by atoms with E-state index in [2.05, 4.69) is 55.2 Å². The van der Waals surface area contributed by atoms with Crippen LogP contribution in [0, 0.1) is 14.4 Å². The van der Waals surface area contributed by atoms with Gasteiger partial charge in [0, 0.05) is 55.0 Å². The van der Waals surface area contributed by atoms with E-state index in [1.807, 2.05) is 12.1 Å². The number of carbonyl (C=O) groups excluding carboxylic acids is 2. The second-order valence-electron chi connectivity index (χ2n) is 11.4. The van der Waals surface area contributed by atoms with E-state index in [-0.39, 0.29) is 22.4 Å². The number of ether oxygens (including phenoxy) is 3. The van der Waals surface area contributed by atoms with Crippen LogP contribution in [0.5, 0.6) is 11.5 Å². The summed E-state index contributed by atoms with van der Waals surface area (Å²) in [5.41, 5.74) is 4.21. The zero-order valence-electron chi connectivity index (χ0n) is 21.8. The zero-order valence-corrected chi connectivity index (χ0v) is 24.0. The maximum Gasteiger partial charge on any atom is 0.174 e. The van der Waals surface area contributed by atoms with Crippen LogP contribution >= 0.6 is 22.6 Å². The number of hydrogen-bond acceptors (Lipinski definition) is 6. The normalized spacial score (nSPS) is 21.8. The summed E-state index contributed by atoms with van der Waals surface area (Å²) in [6, 6.07) is 3.97. The Hall–Kier alpha value is -1.87. The van der Waals surface area contributed by atoms with Crippen molar-refractivity contribution < 1.29 is 23.8 Å². The number of Topliss-reactive ketones (excluding diaryl/α,β-unsaturated/α-hetero) is 2. The summed E-state index contributed by atoms with van der Waals surface area (Å²) in [5, 5.41) is 0. The molecular formula is C28H36INO5. The van der Waals surface area contributed by atoms with Gasteiger partial charge in [-0.25, -0.2) is 0 Å². The molecule has 0 bridgehead atoms. The van der Waals surface area contributed by atoms with Gasteiger partial charge >= 0.3 is 0 Å². The highest BCUT2D eigenvalue weighted by Gasteiger charge is 2.49. The third kappa shape index (κ3) is 4.78. The van der Waals surface area contributed by atoms with Gasteiger partial charge in [-0.05, 0) is 64.0 Å². The maximum absolute atomic E-state index is 13.8. The van der Waals surface area contributed by atoms with E-state index in [0.29, 0.717) is 37.5 Å². The minimum atomic E-state index is -0.403. The third-order valence-electron chi connectivity index (χ3n) is 7.33. The summed E-state index contributed by atoms with van der Waals surface area (Å²) in [6.45, 7) is 9.75. The first-order valence-corrected chi connectivity index (χ1v) is 13.2. The second-order valence-corrected chi connectivity index (χ2v) is 12.6. The predicted octanol–water partition coefficient (Wildman–Crippen LogP) is 5.64. The van der Waals surface area contributed by atoms with Crippen LogP contribution in [-0.4, -0.2) is 50.9 Å². The van der Waals surface area contributed by atoms with Crippen LogP contribution in [0.2, 0.25) is 0 Å². The summed E-state index contributed by atoms with van der Waals surface area (Å²) in [5.74, 6) is 1.10. The molecule has 3 aliphatic rings. The van der Waals surface area contributed by atoms with Crippen LogP contribution < -0.4 is 9.47 Å². The first kappa shape index (κ1) is 26.2. The van der Waals surface area contributed by atoms with E-state index in [9.17, 15) is 9.59 Å². The molecule has 0 aromatic heterocycles. The van der Waals surface area contributed by atoms with Crippen LogP contribution in [0.4, 0.5) is 0 Å². The quantitative estimate of drug-likeness (QED) is 0.398. The zero-order chi connectivity index (χ0) is 25.7. The second kappa shape index (κ2) is 9.54. The standard InChI is InChI=1S/C28H36INO5/c1-27(2)12-18-24(20(31)14-27)23(16-10-17(29)26(35-7)22(11-16)34-6)25-19(30(18)8-9-33-5)13-28(3,4)15-21(25)32/h10-11,23H,8-9,12-15H2,1-7H3. The Kier molecular flexibility index (Phi) is 7.14. The fourth-order valence-electron chi connectivity index (χ4n) is 5.94. The molecule has 7 heteroatoms. The highest BCUT2D eigenvalue weighted by atomic mass is 127. The van der Waals surface area contributed by atoms with Crippen molar-refractivity contribution in [2.45, 2.75) is 59.3 Å². The monoisotopic (exact) mass is 593 g/mol. The largest absolute Gasteiger partial charge is 0.493 e. The number of ketones is 2. The number of methoxy groups -OCH3 is 3. The van der Waals surface area contributed by atoms with E-state index >= 15 is 0 Å². The van der Waals surface area contributed by atoms with Crippen molar-refractivity contribution in [3.05, 3.63) is 43.8 Å². The lowest BCUT2D eigenvalue weighted by atomic mass is 9.63.